The zero-order valence-electron chi connectivity index (χ0n) is 12.6. The molecule has 1 aliphatic carbocycles. The molecule has 3 N–H and O–H groups in total. The van der Waals surface area contributed by atoms with Gasteiger partial charge in [0.2, 0.25) is 5.95 Å². The molecule has 0 radical (unpaired) electrons. The molecule has 0 spiro atoms. The van der Waals surface area contributed by atoms with E-state index in [9.17, 15) is 0 Å². The summed E-state index contributed by atoms with van der Waals surface area (Å²) in [7, 11) is 0. The number of hydrogen-bond acceptors (Lipinski definition) is 7. The highest BCUT2D eigenvalue weighted by Gasteiger charge is 2.38. The Morgan fingerprint density at radius 2 is 2.18 bits per heavy atom. The third kappa shape index (κ3) is 1.87. The Morgan fingerprint density at radius 3 is 2.91 bits per heavy atom. The molecule has 2 aliphatic rings. The number of nitrogens with two attached hydrogens (primary N) is 1. The van der Waals surface area contributed by atoms with Crippen LogP contribution >= 0.6 is 0 Å². The molecule has 1 fully saturated rings. The van der Waals surface area contributed by atoms with E-state index < -0.39 is 0 Å². The van der Waals surface area contributed by atoms with Crippen LogP contribution in [0.3, 0.4) is 0 Å². The van der Waals surface area contributed by atoms with Gasteiger partial charge in [-0.15, -0.1) is 10.2 Å². The molecule has 2 aromatic heterocycles. The van der Waals surface area contributed by atoms with Crippen molar-refractivity contribution in [2.24, 2.45) is 5.84 Å². The summed E-state index contributed by atoms with van der Waals surface area (Å²) in [5.74, 6) is 7.83. The summed E-state index contributed by atoms with van der Waals surface area (Å²) in [6.07, 6.45) is 9.42. The predicted octanol–water partition coefficient (Wildman–Crippen LogP) is 1.56. The zero-order chi connectivity index (χ0) is 15.1. The number of anilines is 2. The summed E-state index contributed by atoms with van der Waals surface area (Å²) < 4.78 is 2.00. The van der Waals surface area contributed by atoms with Crippen LogP contribution in [-0.4, -0.2) is 30.8 Å². The minimum Gasteiger partial charge on any atom is -0.341 e. The van der Waals surface area contributed by atoms with Crippen LogP contribution in [0.4, 0.5) is 11.8 Å². The van der Waals surface area contributed by atoms with E-state index in [-0.39, 0.29) is 6.04 Å². The van der Waals surface area contributed by atoms with Gasteiger partial charge in [0.25, 0.3) is 0 Å². The molecule has 0 amide bonds. The van der Waals surface area contributed by atoms with Crippen molar-refractivity contribution in [3.63, 3.8) is 0 Å². The Bertz CT molecular complexity index is 675. The Labute approximate surface area is 128 Å². The van der Waals surface area contributed by atoms with Gasteiger partial charge in [0, 0.05) is 6.04 Å². The van der Waals surface area contributed by atoms with Crippen molar-refractivity contribution >= 4 is 11.8 Å². The van der Waals surface area contributed by atoms with Crippen LogP contribution < -0.4 is 16.2 Å². The van der Waals surface area contributed by atoms with Crippen molar-refractivity contribution in [2.75, 3.05) is 10.3 Å². The molecule has 1 unspecified atom stereocenters. The first kappa shape index (κ1) is 13.4. The molecule has 1 atom stereocenters. The molecule has 8 heteroatoms. The van der Waals surface area contributed by atoms with Crippen molar-refractivity contribution in [3.8, 4) is 5.69 Å². The van der Waals surface area contributed by atoms with Crippen LogP contribution in [0.25, 0.3) is 5.69 Å². The molecule has 22 heavy (non-hydrogen) atoms. The van der Waals surface area contributed by atoms with Crippen molar-refractivity contribution in [1.82, 2.24) is 24.7 Å². The van der Waals surface area contributed by atoms with Crippen LogP contribution in [0.5, 0.6) is 0 Å². The number of hydrazine groups is 1. The third-order valence-corrected chi connectivity index (χ3v) is 4.70. The standard InChI is InChI=1S/C14H20N8/c1-2-10-13-20-17-8-21(13)11-7-16-14(19-15)18-12(11)22(10)9-5-3-4-6-9/h7-10H,2-6,15H2,1H3,(H,16,18,19). The van der Waals surface area contributed by atoms with Crippen molar-refractivity contribution in [3.05, 3.63) is 18.3 Å². The highest BCUT2D eigenvalue weighted by atomic mass is 15.4. The van der Waals surface area contributed by atoms with Crippen LogP contribution in [-0.2, 0) is 0 Å². The second-order valence-electron chi connectivity index (χ2n) is 5.88. The summed E-state index contributed by atoms with van der Waals surface area (Å²) in [5, 5.41) is 8.44. The number of nitrogens with one attached hydrogen (secondary N) is 1. The maximum atomic E-state index is 5.50. The Hall–Kier alpha value is -2.22. The highest BCUT2D eigenvalue weighted by molar-refractivity contribution is 5.63. The molecule has 4 rings (SSSR count). The van der Waals surface area contributed by atoms with E-state index in [1.54, 1.807) is 12.5 Å². The molecule has 2 aromatic rings. The highest BCUT2D eigenvalue weighted by Crippen LogP contribution is 2.42. The minimum absolute atomic E-state index is 0.193. The summed E-state index contributed by atoms with van der Waals surface area (Å²) in [6, 6.07) is 0.688. The van der Waals surface area contributed by atoms with E-state index >= 15 is 0 Å². The molecule has 0 aromatic carbocycles. The maximum Gasteiger partial charge on any atom is 0.239 e. The first-order chi connectivity index (χ1) is 10.8. The molecule has 1 saturated carbocycles. The number of nitrogens with zero attached hydrogens (tertiary/aromatic N) is 6. The van der Waals surface area contributed by atoms with Gasteiger partial charge in [0.15, 0.2) is 11.6 Å². The number of fused-ring (bicyclic) bond motifs is 3. The minimum atomic E-state index is 0.193. The van der Waals surface area contributed by atoms with E-state index in [0.29, 0.717) is 12.0 Å². The van der Waals surface area contributed by atoms with Gasteiger partial charge in [-0.25, -0.2) is 10.8 Å². The monoisotopic (exact) mass is 300 g/mol. The van der Waals surface area contributed by atoms with Crippen molar-refractivity contribution in [2.45, 2.75) is 51.1 Å². The van der Waals surface area contributed by atoms with Gasteiger partial charge in [-0.2, -0.15) is 4.98 Å². The van der Waals surface area contributed by atoms with Crippen molar-refractivity contribution < 1.29 is 0 Å². The van der Waals surface area contributed by atoms with Gasteiger partial charge in [-0.1, -0.05) is 19.8 Å². The summed E-state index contributed by atoms with van der Waals surface area (Å²) in [5.41, 5.74) is 3.48. The fourth-order valence-electron chi connectivity index (χ4n) is 3.71. The average Bonchev–Trinajstić information content (AvgIpc) is 3.24. The second kappa shape index (κ2) is 5.20. The van der Waals surface area contributed by atoms with Gasteiger partial charge in [-0.3, -0.25) is 9.99 Å². The second-order valence-corrected chi connectivity index (χ2v) is 5.88. The molecule has 0 saturated heterocycles. The summed E-state index contributed by atoms with van der Waals surface area (Å²) in [6.45, 7) is 2.18. The molecule has 116 valence electrons. The lowest BCUT2D eigenvalue weighted by atomic mass is 10.0. The first-order valence-corrected chi connectivity index (χ1v) is 7.85. The van der Waals surface area contributed by atoms with Gasteiger partial charge < -0.3 is 4.90 Å². The Morgan fingerprint density at radius 1 is 1.36 bits per heavy atom. The van der Waals surface area contributed by atoms with Crippen molar-refractivity contribution in [1.29, 1.82) is 0 Å². The fraction of sp³-hybridized carbons (Fsp3) is 0.571. The largest absolute Gasteiger partial charge is 0.341 e. The summed E-state index contributed by atoms with van der Waals surface area (Å²) >= 11 is 0. The van der Waals surface area contributed by atoms with Crippen LogP contribution in [0, 0.1) is 0 Å². The lowest BCUT2D eigenvalue weighted by Gasteiger charge is -2.40. The zero-order valence-corrected chi connectivity index (χ0v) is 12.6. The van der Waals surface area contributed by atoms with Gasteiger partial charge in [0.05, 0.1) is 12.2 Å². The van der Waals surface area contributed by atoms with Gasteiger partial charge in [-0.05, 0) is 19.3 Å². The Kier molecular flexibility index (Phi) is 3.18. The predicted molar refractivity (Wildman–Crippen MR) is 82.5 cm³/mol. The van der Waals surface area contributed by atoms with E-state index in [2.05, 4.69) is 37.4 Å². The van der Waals surface area contributed by atoms with Gasteiger partial charge in [0.1, 0.15) is 12.0 Å². The van der Waals surface area contributed by atoms with E-state index in [1.807, 2.05) is 4.57 Å². The molecule has 8 nitrogen and oxygen atoms in total. The molecule has 1 aliphatic heterocycles. The quantitative estimate of drug-likeness (QED) is 0.655. The lowest BCUT2D eigenvalue weighted by Crippen LogP contribution is -2.42. The summed E-state index contributed by atoms with van der Waals surface area (Å²) in [4.78, 5) is 11.3. The topological polar surface area (TPSA) is 97.8 Å². The molecular formula is C14H20N8. The van der Waals surface area contributed by atoms with E-state index in [1.165, 1.54) is 25.7 Å². The number of nitrogen functional groups attached to an aromatic ring is 1. The molecule has 0 bridgehead atoms. The lowest BCUT2D eigenvalue weighted by molar-refractivity contribution is 0.469. The molecule has 3 heterocycles. The molecular weight excluding hydrogens is 280 g/mol. The van der Waals surface area contributed by atoms with Crippen LogP contribution in [0.15, 0.2) is 12.5 Å². The Balaban J connectivity index is 1.90. The average molecular weight is 300 g/mol. The smallest absolute Gasteiger partial charge is 0.239 e. The van der Waals surface area contributed by atoms with E-state index in [0.717, 1.165) is 23.8 Å². The number of aromatic nitrogens is 5. The van der Waals surface area contributed by atoms with E-state index in [4.69, 9.17) is 5.84 Å². The van der Waals surface area contributed by atoms with Crippen LogP contribution in [0.1, 0.15) is 50.9 Å². The first-order valence-electron chi connectivity index (χ1n) is 7.85. The normalized spacial score (nSPS) is 20.8. The van der Waals surface area contributed by atoms with Gasteiger partial charge >= 0.3 is 0 Å². The maximum absolute atomic E-state index is 5.50. The number of hydrogen-bond donors (Lipinski definition) is 2. The SMILES string of the molecule is CCC1c2nncn2-c2cnc(NN)nc2N1C1CCCC1. The number of rotatable bonds is 3. The third-order valence-electron chi connectivity index (χ3n) is 4.70. The van der Waals surface area contributed by atoms with Crippen LogP contribution in [0.2, 0.25) is 0 Å². The fourth-order valence-corrected chi connectivity index (χ4v) is 3.71.